The van der Waals surface area contributed by atoms with Crippen LogP contribution in [0.3, 0.4) is 0 Å². The molecule has 0 N–H and O–H groups in total. The van der Waals surface area contributed by atoms with Crippen molar-refractivity contribution in [2.45, 2.75) is 13.0 Å². The molecule has 19 heavy (non-hydrogen) atoms. The molecular formula is C17H16O2. The number of rotatable bonds is 5. The molecule has 0 aliphatic heterocycles. The van der Waals surface area contributed by atoms with Crippen LogP contribution in [0.15, 0.2) is 72.8 Å². The number of benzene rings is 2. The van der Waals surface area contributed by atoms with E-state index in [1.165, 1.54) is 11.6 Å². The van der Waals surface area contributed by atoms with Crippen LogP contribution in [0.5, 0.6) is 0 Å². The van der Waals surface area contributed by atoms with Crippen LogP contribution < -0.4 is 0 Å². The van der Waals surface area contributed by atoms with Crippen molar-refractivity contribution >= 4 is 5.97 Å². The molecule has 2 aromatic carbocycles. The van der Waals surface area contributed by atoms with E-state index in [1.54, 1.807) is 0 Å². The second kappa shape index (κ2) is 7.17. The first kappa shape index (κ1) is 13.1. The van der Waals surface area contributed by atoms with E-state index in [9.17, 15) is 4.79 Å². The minimum atomic E-state index is -0.306. The summed E-state index contributed by atoms with van der Waals surface area (Å²) in [6.07, 6.45) is 4.04. The fourth-order valence-electron chi connectivity index (χ4n) is 1.68. The summed E-state index contributed by atoms with van der Waals surface area (Å²) in [5.41, 5.74) is 2.17. The van der Waals surface area contributed by atoms with Gasteiger partial charge in [0.1, 0.15) is 6.61 Å². The van der Waals surface area contributed by atoms with Crippen molar-refractivity contribution in [3.63, 3.8) is 0 Å². The Hall–Kier alpha value is -2.35. The van der Waals surface area contributed by atoms with Crippen molar-refractivity contribution in [1.29, 1.82) is 0 Å². The number of allylic oxidation sites excluding steroid dienone is 1. The molecule has 0 saturated carbocycles. The zero-order chi connectivity index (χ0) is 13.3. The Morgan fingerprint density at radius 2 is 1.47 bits per heavy atom. The van der Waals surface area contributed by atoms with E-state index in [0.717, 1.165) is 12.0 Å². The van der Waals surface area contributed by atoms with Gasteiger partial charge in [0.25, 0.3) is 0 Å². The summed E-state index contributed by atoms with van der Waals surface area (Å²) in [7, 11) is 0. The van der Waals surface area contributed by atoms with Crippen LogP contribution in [0.25, 0.3) is 0 Å². The number of hydrogen-bond acceptors (Lipinski definition) is 2. The van der Waals surface area contributed by atoms with Crippen molar-refractivity contribution in [1.82, 2.24) is 0 Å². The summed E-state index contributed by atoms with van der Waals surface area (Å²) in [4.78, 5) is 11.5. The molecule has 0 amide bonds. The molecule has 2 aromatic rings. The Kier molecular flexibility index (Phi) is 4.94. The van der Waals surface area contributed by atoms with Gasteiger partial charge in [0.2, 0.25) is 0 Å². The maximum Gasteiger partial charge on any atom is 0.330 e. The molecule has 0 spiro atoms. The van der Waals surface area contributed by atoms with Gasteiger partial charge in [0.05, 0.1) is 0 Å². The van der Waals surface area contributed by atoms with E-state index >= 15 is 0 Å². The van der Waals surface area contributed by atoms with Gasteiger partial charge < -0.3 is 4.74 Å². The summed E-state index contributed by atoms with van der Waals surface area (Å²) in [5.74, 6) is -0.306. The predicted molar refractivity (Wildman–Crippen MR) is 75.5 cm³/mol. The third-order valence-electron chi connectivity index (χ3n) is 2.67. The number of carbonyl (C=O) groups is 1. The number of esters is 1. The van der Waals surface area contributed by atoms with E-state index in [0.29, 0.717) is 6.61 Å². The monoisotopic (exact) mass is 252 g/mol. The quantitative estimate of drug-likeness (QED) is 0.601. The smallest absolute Gasteiger partial charge is 0.330 e. The van der Waals surface area contributed by atoms with Gasteiger partial charge in [0, 0.05) is 6.08 Å². The lowest BCUT2D eigenvalue weighted by Crippen LogP contribution is -2.00. The first-order chi connectivity index (χ1) is 9.34. The third-order valence-corrected chi connectivity index (χ3v) is 2.67. The predicted octanol–water partition coefficient (Wildman–Crippen LogP) is 3.53. The fourth-order valence-corrected chi connectivity index (χ4v) is 1.68. The minimum Gasteiger partial charge on any atom is -0.458 e. The van der Waals surface area contributed by atoms with Crippen molar-refractivity contribution < 1.29 is 9.53 Å². The Morgan fingerprint density at radius 1 is 0.895 bits per heavy atom. The summed E-state index contributed by atoms with van der Waals surface area (Å²) < 4.78 is 5.14. The molecule has 0 saturated heterocycles. The first-order valence-corrected chi connectivity index (χ1v) is 6.26. The molecule has 2 heteroatoms. The zero-order valence-electron chi connectivity index (χ0n) is 10.7. The highest BCUT2D eigenvalue weighted by Crippen LogP contribution is 2.02. The Labute approximate surface area is 113 Å². The molecule has 0 bridgehead atoms. The highest BCUT2D eigenvalue weighted by atomic mass is 16.5. The SMILES string of the molecule is O=C(/C=C/Cc1ccccc1)OCc1ccccc1. The number of ether oxygens (including phenoxy) is 1. The molecule has 0 aliphatic rings. The molecule has 2 nitrogen and oxygen atoms in total. The maximum atomic E-state index is 11.5. The van der Waals surface area contributed by atoms with E-state index in [1.807, 2.05) is 66.7 Å². The lowest BCUT2D eigenvalue weighted by Gasteiger charge is -2.01. The van der Waals surface area contributed by atoms with Gasteiger partial charge in [0.15, 0.2) is 0 Å². The first-order valence-electron chi connectivity index (χ1n) is 6.26. The average molecular weight is 252 g/mol. The fraction of sp³-hybridized carbons (Fsp3) is 0.118. The lowest BCUT2D eigenvalue weighted by molar-refractivity contribution is -0.139. The average Bonchev–Trinajstić information content (AvgIpc) is 2.47. The number of carbonyl (C=O) groups excluding carboxylic acids is 1. The molecular weight excluding hydrogens is 236 g/mol. The van der Waals surface area contributed by atoms with Gasteiger partial charge in [-0.2, -0.15) is 0 Å². The maximum absolute atomic E-state index is 11.5. The largest absolute Gasteiger partial charge is 0.458 e. The summed E-state index contributed by atoms with van der Waals surface area (Å²) >= 11 is 0. The Bertz CT molecular complexity index is 530. The molecule has 0 unspecified atom stereocenters. The van der Waals surface area contributed by atoms with Gasteiger partial charge >= 0.3 is 5.97 Å². The summed E-state index contributed by atoms with van der Waals surface area (Å²) in [6, 6.07) is 19.6. The third kappa shape index (κ3) is 4.80. The molecule has 2 rings (SSSR count). The standard InChI is InChI=1S/C17H16O2/c18-17(19-14-16-10-5-2-6-11-16)13-7-12-15-8-3-1-4-9-15/h1-11,13H,12,14H2/b13-7+. The zero-order valence-corrected chi connectivity index (χ0v) is 10.7. The molecule has 0 radical (unpaired) electrons. The lowest BCUT2D eigenvalue weighted by atomic mass is 10.1. The molecule has 0 atom stereocenters. The summed E-state index contributed by atoms with van der Waals surface area (Å²) in [6.45, 7) is 0.315. The van der Waals surface area contributed by atoms with Crippen LogP contribution in [0.1, 0.15) is 11.1 Å². The van der Waals surface area contributed by atoms with Gasteiger partial charge in [-0.05, 0) is 17.5 Å². The topological polar surface area (TPSA) is 26.3 Å². The number of hydrogen-bond donors (Lipinski definition) is 0. The van der Waals surface area contributed by atoms with Crippen molar-refractivity contribution in [3.05, 3.63) is 83.9 Å². The van der Waals surface area contributed by atoms with Crippen LogP contribution in [-0.2, 0) is 22.6 Å². The van der Waals surface area contributed by atoms with Gasteiger partial charge in [-0.15, -0.1) is 0 Å². The molecule has 0 aromatic heterocycles. The van der Waals surface area contributed by atoms with Crippen LogP contribution in [-0.4, -0.2) is 5.97 Å². The van der Waals surface area contributed by atoms with Crippen LogP contribution in [0.2, 0.25) is 0 Å². The molecule has 0 aliphatic carbocycles. The van der Waals surface area contributed by atoms with Crippen molar-refractivity contribution in [2.24, 2.45) is 0 Å². The van der Waals surface area contributed by atoms with E-state index in [4.69, 9.17) is 4.74 Å². The summed E-state index contributed by atoms with van der Waals surface area (Å²) in [5, 5.41) is 0. The van der Waals surface area contributed by atoms with E-state index in [2.05, 4.69) is 0 Å². The van der Waals surface area contributed by atoms with Gasteiger partial charge in [-0.3, -0.25) is 0 Å². The van der Waals surface area contributed by atoms with Gasteiger partial charge in [-0.25, -0.2) is 4.79 Å². The minimum absolute atomic E-state index is 0.306. The molecule has 96 valence electrons. The second-order valence-electron chi connectivity index (χ2n) is 4.19. The molecule has 0 heterocycles. The highest BCUT2D eigenvalue weighted by Gasteiger charge is 1.97. The van der Waals surface area contributed by atoms with E-state index < -0.39 is 0 Å². The molecule has 0 fully saturated rings. The van der Waals surface area contributed by atoms with E-state index in [-0.39, 0.29) is 5.97 Å². The van der Waals surface area contributed by atoms with Crippen molar-refractivity contribution in [2.75, 3.05) is 0 Å². The van der Waals surface area contributed by atoms with Crippen LogP contribution in [0, 0.1) is 0 Å². The second-order valence-corrected chi connectivity index (χ2v) is 4.19. The normalized spacial score (nSPS) is 10.5. The van der Waals surface area contributed by atoms with Gasteiger partial charge in [-0.1, -0.05) is 66.7 Å². The highest BCUT2D eigenvalue weighted by molar-refractivity contribution is 5.81. The van der Waals surface area contributed by atoms with Crippen molar-refractivity contribution in [3.8, 4) is 0 Å². The Balaban J connectivity index is 1.75. The van der Waals surface area contributed by atoms with Crippen LogP contribution >= 0.6 is 0 Å². The van der Waals surface area contributed by atoms with Crippen LogP contribution in [0.4, 0.5) is 0 Å². The Morgan fingerprint density at radius 3 is 2.11 bits per heavy atom.